The molecule has 60 heavy (non-hydrogen) atoms. The molecular formula is C42H49F2N11O5. The number of carbonyl (C=O) groups excluding carboxylic acids is 5. The second-order valence-corrected chi connectivity index (χ2v) is 17.1. The zero-order valence-electron chi connectivity index (χ0n) is 33.4. The summed E-state index contributed by atoms with van der Waals surface area (Å²) in [6.07, 6.45) is 11.4. The molecule has 1 atom stereocenters. The Bertz CT molecular complexity index is 2330. The summed E-state index contributed by atoms with van der Waals surface area (Å²) in [5.41, 5.74) is 1.15. The molecule has 0 bridgehead atoms. The molecule has 1 aromatic carbocycles. The van der Waals surface area contributed by atoms with Crippen molar-refractivity contribution >= 4 is 52.4 Å². The first-order chi connectivity index (χ1) is 29.0. The lowest BCUT2D eigenvalue weighted by Crippen LogP contribution is -2.54. The molecule has 0 spiro atoms. The maximum Gasteiger partial charge on any atom is 0.284 e. The summed E-state index contributed by atoms with van der Waals surface area (Å²) < 4.78 is 31.6. The molecule has 16 nitrogen and oxygen atoms in total. The standard InChI is InChI=1S/C42H49F2N11O5/c1-52(26-13-9-25(10-14-26)47-30-4-2-3-28-35(30)42(60)55(41(28)59)32-15-16-34(56)50-40(32)58)21-24-7-11-27(12-8-24)54-22-31(36(51-54)37(43)44)48-39(57)29-20-46-53-18-17-33(49-38(29)53)45-19-23-5-6-23/h2-4,17-18,20,22-27,32,37,47H,5-16,19,21H2,1H3,(H,45,49)(H,48,57)(H,50,56,58)/t24-,25-,26-,27-,32?. The van der Waals surface area contributed by atoms with E-state index in [2.05, 4.69) is 48.4 Å². The van der Waals surface area contributed by atoms with Crippen molar-refractivity contribution in [3.8, 4) is 0 Å². The first-order valence-corrected chi connectivity index (χ1v) is 21.1. The Hall–Kier alpha value is -5.78. The molecule has 5 amide bonds. The zero-order chi connectivity index (χ0) is 41.7. The first kappa shape index (κ1) is 39.7. The average molecular weight is 826 g/mol. The number of alkyl halides is 2. The van der Waals surface area contributed by atoms with Crippen LogP contribution >= 0.6 is 0 Å². The maximum atomic E-state index is 14.2. The van der Waals surface area contributed by atoms with E-state index in [0.717, 1.165) is 69.4 Å². The fraction of sp³-hybridized carbons (Fsp3) is 0.524. The van der Waals surface area contributed by atoms with Gasteiger partial charge >= 0.3 is 0 Å². The highest BCUT2D eigenvalue weighted by atomic mass is 19.3. The van der Waals surface area contributed by atoms with Crippen LogP contribution in [0, 0.1) is 11.8 Å². The number of hydrogen-bond acceptors (Lipinski definition) is 11. The SMILES string of the molecule is CN(C[C@H]1CC[C@H](n2cc(NC(=O)c3cnn4ccc(NCC5CC5)nc34)c(C(F)F)n2)CC1)[C@H]1CC[C@H](Nc2cccc3c2C(=O)N(C2CCC(=O)NC2=O)C3=O)CC1. The van der Waals surface area contributed by atoms with Crippen molar-refractivity contribution in [1.82, 2.24) is 39.5 Å². The third-order valence-corrected chi connectivity index (χ3v) is 13.0. The van der Waals surface area contributed by atoms with Crippen molar-refractivity contribution in [2.75, 3.05) is 36.1 Å². The minimum absolute atomic E-state index is 0.0183. The van der Waals surface area contributed by atoms with Crippen LogP contribution in [-0.2, 0) is 9.59 Å². The van der Waals surface area contributed by atoms with Gasteiger partial charge in [0.25, 0.3) is 24.1 Å². The number of rotatable bonds is 13. The van der Waals surface area contributed by atoms with Gasteiger partial charge in [-0.15, -0.1) is 0 Å². The highest BCUT2D eigenvalue weighted by Crippen LogP contribution is 2.38. The number of carbonyl (C=O) groups is 5. The van der Waals surface area contributed by atoms with Gasteiger partial charge < -0.3 is 20.9 Å². The summed E-state index contributed by atoms with van der Waals surface area (Å²) in [5, 5.41) is 20.2. The van der Waals surface area contributed by atoms with Crippen LogP contribution in [0.3, 0.4) is 0 Å². The fourth-order valence-electron chi connectivity index (χ4n) is 9.40. The van der Waals surface area contributed by atoms with Crippen LogP contribution in [-0.4, -0.2) is 102 Å². The van der Waals surface area contributed by atoms with Crippen LogP contribution in [0.1, 0.15) is 126 Å². The Morgan fingerprint density at radius 3 is 2.43 bits per heavy atom. The molecule has 1 saturated heterocycles. The summed E-state index contributed by atoms with van der Waals surface area (Å²) in [7, 11) is 2.16. The number of imide groups is 2. The number of nitrogens with one attached hydrogen (secondary N) is 4. The van der Waals surface area contributed by atoms with Crippen molar-refractivity contribution in [2.45, 2.75) is 108 Å². The topological polar surface area (TPSA) is 188 Å². The molecule has 5 aliphatic rings. The van der Waals surface area contributed by atoms with Crippen LogP contribution in [0.15, 0.2) is 42.9 Å². The number of nitrogens with zero attached hydrogens (tertiary/aromatic N) is 7. The Balaban J connectivity index is 0.761. The number of benzene rings is 1. The van der Waals surface area contributed by atoms with Crippen LogP contribution < -0.4 is 21.3 Å². The number of amides is 5. The molecule has 4 aromatic rings. The molecule has 4 fully saturated rings. The minimum atomic E-state index is -2.87. The van der Waals surface area contributed by atoms with Gasteiger partial charge in [-0.2, -0.15) is 10.2 Å². The van der Waals surface area contributed by atoms with Crippen molar-refractivity contribution in [3.63, 3.8) is 0 Å². The highest BCUT2D eigenvalue weighted by molar-refractivity contribution is 6.25. The molecule has 9 rings (SSSR count). The van der Waals surface area contributed by atoms with E-state index in [0.29, 0.717) is 35.0 Å². The van der Waals surface area contributed by atoms with Gasteiger partial charge in [0.15, 0.2) is 11.3 Å². The first-order valence-electron chi connectivity index (χ1n) is 21.1. The summed E-state index contributed by atoms with van der Waals surface area (Å²) in [6.45, 7) is 1.73. The van der Waals surface area contributed by atoms with Gasteiger partial charge in [-0.1, -0.05) is 6.07 Å². The number of piperidine rings is 1. The smallest absolute Gasteiger partial charge is 0.284 e. The monoisotopic (exact) mass is 825 g/mol. The zero-order valence-corrected chi connectivity index (χ0v) is 33.4. The third-order valence-electron chi connectivity index (χ3n) is 13.0. The number of fused-ring (bicyclic) bond motifs is 2. The molecule has 3 saturated carbocycles. The van der Waals surface area contributed by atoms with Gasteiger partial charge in [-0.25, -0.2) is 18.3 Å². The molecule has 316 valence electrons. The normalized spacial score (nSPS) is 24.6. The Labute approximate surface area is 344 Å². The summed E-state index contributed by atoms with van der Waals surface area (Å²) in [6, 6.07) is 6.34. The van der Waals surface area contributed by atoms with Gasteiger partial charge in [0, 0.05) is 49.7 Å². The van der Waals surface area contributed by atoms with E-state index in [4.69, 9.17) is 0 Å². The van der Waals surface area contributed by atoms with E-state index in [1.54, 1.807) is 35.1 Å². The molecule has 18 heteroatoms. The van der Waals surface area contributed by atoms with Gasteiger partial charge in [0.1, 0.15) is 17.4 Å². The lowest BCUT2D eigenvalue weighted by Gasteiger charge is -2.38. The molecule has 2 aliphatic heterocycles. The number of aromatic nitrogens is 5. The second-order valence-electron chi connectivity index (χ2n) is 17.1. The van der Waals surface area contributed by atoms with E-state index >= 15 is 0 Å². The van der Waals surface area contributed by atoms with Crippen molar-refractivity contribution < 1.29 is 32.8 Å². The second kappa shape index (κ2) is 16.3. The van der Waals surface area contributed by atoms with Crippen LogP contribution in [0.4, 0.5) is 26.0 Å². The van der Waals surface area contributed by atoms with E-state index in [-0.39, 0.29) is 47.3 Å². The Morgan fingerprint density at radius 1 is 0.933 bits per heavy atom. The number of halogens is 2. The van der Waals surface area contributed by atoms with E-state index in [1.807, 2.05) is 0 Å². The molecule has 3 aliphatic carbocycles. The fourth-order valence-corrected chi connectivity index (χ4v) is 9.40. The predicted molar refractivity (Wildman–Crippen MR) is 216 cm³/mol. The quantitative estimate of drug-likeness (QED) is 0.126. The Morgan fingerprint density at radius 2 is 1.70 bits per heavy atom. The van der Waals surface area contributed by atoms with E-state index in [1.165, 1.54) is 29.8 Å². The van der Waals surface area contributed by atoms with Gasteiger partial charge in [-0.3, -0.25) is 38.9 Å². The molecule has 1 unspecified atom stereocenters. The van der Waals surface area contributed by atoms with Crippen molar-refractivity contribution in [3.05, 3.63) is 65.2 Å². The molecule has 4 N–H and O–H groups in total. The van der Waals surface area contributed by atoms with Gasteiger partial charge in [-0.05, 0) is 108 Å². The lowest BCUT2D eigenvalue weighted by atomic mass is 9.84. The molecular weight excluding hydrogens is 777 g/mol. The van der Waals surface area contributed by atoms with E-state index < -0.39 is 47.7 Å². The number of hydrogen-bond donors (Lipinski definition) is 4. The number of anilines is 3. The highest BCUT2D eigenvalue weighted by Gasteiger charge is 2.46. The molecule has 0 radical (unpaired) electrons. The Kier molecular flexibility index (Phi) is 10.8. The van der Waals surface area contributed by atoms with Crippen LogP contribution in [0.25, 0.3) is 5.65 Å². The summed E-state index contributed by atoms with van der Waals surface area (Å²) in [5.74, 6) is -0.956. The summed E-state index contributed by atoms with van der Waals surface area (Å²) >= 11 is 0. The summed E-state index contributed by atoms with van der Waals surface area (Å²) in [4.78, 5) is 72.4. The van der Waals surface area contributed by atoms with Crippen molar-refractivity contribution in [1.29, 1.82) is 0 Å². The van der Waals surface area contributed by atoms with Crippen LogP contribution in [0.2, 0.25) is 0 Å². The molecule has 5 heterocycles. The van der Waals surface area contributed by atoms with Crippen LogP contribution in [0.5, 0.6) is 0 Å². The van der Waals surface area contributed by atoms with Gasteiger partial charge in [0.05, 0.1) is 29.1 Å². The van der Waals surface area contributed by atoms with E-state index in [9.17, 15) is 32.8 Å². The largest absolute Gasteiger partial charge is 0.382 e. The van der Waals surface area contributed by atoms with Crippen molar-refractivity contribution in [2.24, 2.45) is 11.8 Å². The average Bonchev–Trinajstić information content (AvgIpc) is 3.73. The third kappa shape index (κ3) is 7.96. The lowest BCUT2D eigenvalue weighted by molar-refractivity contribution is -0.136. The molecule has 3 aromatic heterocycles. The predicted octanol–water partition coefficient (Wildman–Crippen LogP) is 5.43. The van der Waals surface area contributed by atoms with Gasteiger partial charge in [0.2, 0.25) is 11.8 Å². The maximum absolute atomic E-state index is 14.2. The minimum Gasteiger partial charge on any atom is -0.382 e.